The highest BCUT2D eigenvalue weighted by molar-refractivity contribution is 6.16. The Morgan fingerprint density at radius 1 is 1.08 bits per heavy atom. The second kappa shape index (κ2) is 10.7. The molecule has 5 rings (SSSR count). The number of nitrogens with one attached hydrogen (secondary N) is 1. The maximum absolute atomic E-state index is 9.72. The molecule has 2 aromatic carbocycles. The lowest BCUT2D eigenvalue weighted by Gasteiger charge is -2.38. The third-order valence-electron chi connectivity index (χ3n) is 7.61. The molecule has 2 unspecified atom stereocenters. The summed E-state index contributed by atoms with van der Waals surface area (Å²) in [6.45, 7) is 16.7. The Morgan fingerprint density at radius 2 is 1.72 bits per heavy atom. The van der Waals surface area contributed by atoms with Crippen LogP contribution in [0.3, 0.4) is 0 Å². The van der Waals surface area contributed by atoms with Gasteiger partial charge in [0.05, 0.1) is 23.2 Å². The second-order valence-electron chi connectivity index (χ2n) is 9.49. The van der Waals surface area contributed by atoms with E-state index >= 15 is 0 Å². The maximum atomic E-state index is 9.72. The standard InChI is InChI=1S/C28H28N4.2C2H6/c1-5-28-17-27(28,4)23-13-9-8-12-22(23)26(31-28)32(24-15-18(2)14-19(24)3)25(30)21-11-7-6-10-20(21)16-29;2*1-2/h6-15,24,30H,5,17H2,1-4H3;2*1-2H3/t24?,27?,28-;;/m0../s1. The summed E-state index contributed by atoms with van der Waals surface area (Å²) in [4.78, 5) is 7.44. The lowest BCUT2D eigenvalue weighted by Crippen LogP contribution is -2.47. The van der Waals surface area contributed by atoms with Gasteiger partial charge in [-0.15, -0.1) is 0 Å². The lowest BCUT2D eigenvalue weighted by molar-refractivity contribution is 0.504. The number of allylic oxidation sites excluding steroid dienone is 2. The molecule has 0 spiro atoms. The molecule has 1 fully saturated rings. The number of fused-ring (bicyclic) bond motifs is 3. The fraction of sp³-hybridized carbons (Fsp3) is 0.406. The van der Waals surface area contributed by atoms with Crippen LogP contribution in [0, 0.1) is 16.7 Å². The number of hydrogen-bond donors (Lipinski definition) is 1. The van der Waals surface area contributed by atoms with Crippen LogP contribution in [-0.4, -0.2) is 28.2 Å². The fourth-order valence-corrected chi connectivity index (χ4v) is 5.69. The van der Waals surface area contributed by atoms with Crippen LogP contribution < -0.4 is 0 Å². The van der Waals surface area contributed by atoms with Gasteiger partial charge in [-0.05, 0) is 50.0 Å². The number of rotatable bonds is 3. The highest BCUT2D eigenvalue weighted by atomic mass is 15.3. The Hall–Kier alpha value is -3.45. The first-order chi connectivity index (χ1) is 17.3. The average molecular weight is 481 g/mol. The molecule has 1 N–H and O–H groups in total. The zero-order chi connectivity index (χ0) is 26.7. The van der Waals surface area contributed by atoms with Crippen molar-refractivity contribution in [1.82, 2.24) is 4.90 Å². The largest absolute Gasteiger partial charge is 0.300 e. The summed E-state index contributed by atoms with van der Waals surface area (Å²) in [6.07, 6.45) is 6.36. The average Bonchev–Trinajstić information content (AvgIpc) is 3.43. The number of nitrogens with zero attached hydrogens (tertiary/aromatic N) is 3. The molecule has 0 aromatic heterocycles. The first-order valence-electron chi connectivity index (χ1n) is 13.3. The summed E-state index contributed by atoms with van der Waals surface area (Å²) in [5, 5.41) is 19.0. The smallest absolute Gasteiger partial charge is 0.138 e. The van der Waals surface area contributed by atoms with Crippen molar-refractivity contribution in [3.8, 4) is 6.07 Å². The molecule has 0 amide bonds. The molecule has 2 aromatic rings. The lowest BCUT2D eigenvalue weighted by atomic mass is 9.84. The van der Waals surface area contributed by atoms with Crippen molar-refractivity contribution in [2.24, 2.45) is 4.99 Å². The van der Waals surface area contributed by atoms with Crippen LogP contribution in [0.25, 0.3) is 0 Å². The van der Waals surface area contributed by atoms with E-state index in [0.29, 0.717) is 17.0 Å². The van der Waals surface area contributed by atoms with E-state index in [1.807, 2.05) is 50.8 Å². The van der Waals surface area contributed by atoms with Crippen molar-refractivity contribution >= 4 is 11.7 Å². The van der Waals surface area contributed by atoms with E-state index in [0.717, 1.165) is 24.2 Å². The molecule has 1 heterocycles. The van der Waals surface area contributed by atoms with Gasteiger partial charge >= 0.3 is 0 Å². The molecule has 188 valence electrons. The minimum Gasteiger partial charge on any atom is -0.300 e. The van der Waals surface area contributed by atoms with E-state index in [2.05, 4.69) is 70.2 Å². The minimum absolute atomic E-state index is 0.0482. The quantitative estimate of drug-likeness (QED) is 0.360. The SMILES string of the molecule is CC.CC.CC[C@]12CC1(C)c1ccccc1C(N(C(=N)c1ccccc1C#N)C1C=C(C)C=C1C)=N2. The van der Waals surface area contributed by atoms with Gasteiger partial charge in [0.1, 0.15) is 11.7 Å². The summed E-state index contributed by atoms with van der Waals surface area (Å²) in [6, 6.07) is 18.1. The molecule has 1 aliphatic heterocycles. The van der Waals surface area contributed by atoms with Gasteiger partial charge < -0.3 is 0 Å². The van der Waals surface area contributed by atoms with Gasteiger partial charge in [0.15, 0.2) is 0 Å². The minimum atomic E-state index is -0.126. The maximum Gasteiger partial charge on any atom is 0.138 e. The Morgan fingerprint density at radius 3 is 2.33 bits per heavy atom. The summed E-state index contributed by atoms with van der Waals surface area (Å²) < 4.78 is 0. The predicted molar refractivity (Wildman–Crippen MR) is 152 cm³/mol. The number of aliphatic imine (C=N–C) groups is 1. The number of nitriles is 1. The van der Waals surface area contributed by atoms with Crippen LogP contribution in [0.4, 0.5) is 0 Å². The van der Waals surface area contributed by atoms with Crippen molar-refractivity contribution in [3.05, 3.63) is 94.1 Å². The number of hydrogen-bond acceptors (Lipinski definition) is 3. The van der Waals surface area contributed by atoms with Crippen LogP contribution in [-0.2, 0) is 5.41 Å². The zero-order valence-electron chi connectivity index (χ0n) is 23.1. The molecule has 1 saturated carbocycles. The second-order valence-corrected chi connectivity index (χ2v) is 9.49. The topological polar surface area (TPSA) is 63.2 Å². The third kappa shape index (κ3) is 4.22. The molecule has 0 radical (unpaired) electrons. The third-order valence-corrected chi connectivity index (χ3v) is 7.61. The predicted octanol–water partition coefficient (Wildman–Crippen LogP) is 7.78. The van der Waals surface area contributed by atoms with Crippen molar-refractivity contribution < 1.29 is 0 Å². The van der Waals surface area contributed by atoms with Gasteiger partial charge in [0.25, 0.3) is 0 Å². The molecular weight excluding hydrogens is 440 g/mol. The molecule has 4 nitrogen and oxygen atoms in total. The summed E-state index contributed by atoms with van der Waals surface area (Å²) in [7, 11) is 0. The molecule has 2 aliphatic carbocycles. The van der Waals surface area contributed by atoms with Gasteiger partial charge in [0, 0.05) is 16.5 Å². The Bertz CT molecular complexity index is 1280. The van der Waals surface area contributed by atoms with E-state index in [-0.39, 0.29) is 17.0 Å². The molecule has 3 aliphatic rings. The summed E-state index contributed by atoms with van der Waals surface area (Å²) >= 11 is 0. The van der Waals surface area contributed by atoms with Crippen LogP contribution in [0.5, 0.6) is 0 Å². The van der Waals surface area contributed by atoms with Crippen LogP contribution in [0.2, 0.25) is 0 Å². The normalized spacial score (nSPS) is 24.6. The summed E-state index contributed by atoms with van der Waals surface area (Å²) in [5.41, 5.74) is 5.84. The monoisotopic (exact) mass is 480 g/mol. The Labute approximate surface area is 217 Å². The Kier molecular flexibility index (Phi) is 8.04. The zero-order valence-corrected chi connectivity index (χ0v) is 23.1. The van der Waals surface area contributed by atoms with Gasteiger partial charge in [0.2, 0.25) is 0 Å². The highest BCUT2D eigenvalue weighted by Gasteiger charge is 2.67. The molecule has 0 bridgehead atoms. The van der Waals surface area contributed by atoms with Gasteiger partial charge in [-0.2, -0.15) is 5.26 Å². The fourth-order valence-electron chi connectivity index (χ4n) is 5.69. The highest BCUT2D eigenvalue weighted by Crippen LogP contribution is 2.64. The van der Waals surface area contributed by atoms with Gasteiger partial charge in [-0.1, -0.05) is 95.7 Å². The molecule has 4 heteroatoms. The Balaban J connectivity index is 0.000000861. The molecule has 0 saturated heterocycles. The number of benzene rings is 2. The van der Waals surface area contributed by atoms with E-state index < -0.39 is 0 Å². The van der Waals surface area contributed by atoms with Crippen molar-refractivity contribution in [2.45, 2.75) is 85.2 Å². The van der Waals surface area contributed by atoms with Gasteiger partial charge in [-0.3, -0.25) is 15.3 Å². The summed E-state index contributed by atoms with van der Waals surface area (Å²) in [5.74, 6) is 1.16. The van der Waals surface area contributed by atoms with Crippen LogP contribution in [0.15, 0.2) is 76.8 Å². The van der Waals surface area contributed by atoms with E-state index in [4.69, 9.17) is 4.99 Å². The van der Waals surface area contributed by atoms with Crippen molar-refractivity contribution in [2.75, 3.05) is 0 Å². The molecular formula is C32H40N4. The number of amidine groups is 2. The first kappa shape index (κ1) is 27.1. The van der Waals surface area contributed by atoms with Crippen LogP contribution in [0.1, 0.15) is 90.5 Å². The first-order valence-corrected chi connectivity index (χ1v) is 13.3. The van der Waals surface area contributed by atoms with Crippen molar-refractivity contribution in [1.29, 1.82) is 10.7 Å². The molecule has 36 heavy (non-hydrogen) atoms. The van der Waals surface area contributed by atoms with Gasteiger partial charge in [-0.25, -0.2) is 0 Å². The van der Waals surface area contributed by atoms with E-state index in [1.165, 1.54) is 16.7 Å². The van der Waals surface area contributed by atoms with E-state index in [9.17, 15) is 10.7 Å². The molecule has 3 atom stereocenters. The van der Waals surface area contributed by atoms with Crippen molar-refractivity contribution in [3.63, 3.8) is 0 Å². The van der Waals surface area contributed by atoms with Crippen LogP contribution >= 0.6 is 0 Å². The van der Waals surface area contributed by atoms with E-state index in [1.54, 1.807) is 6.07 Å².